The number of hydrogen-bond acceptors (Lipinski definition) is 2. The van der Waals surface area contributed by atoms with E-state index >= 15 is 0 Å². The molecule has 20 heavy (non-hydrogen) atoms. The summed E-state index contributed by atoms with van der Waals surface area (Å²) < 4.78 is 2.05. The van der Waals surface area contributed by atoms with Crippen molar-refractivity contribution in [1.29, 1.82) is 0 Å². The molecule has 0 spiro atoms. The van der Waals surface area contributed by atoms with E-state index in [0.29, 0.717) is 6.04 Å². The lowest BCUT2D eigenvalue weighted by Gasteiger charge is -2.15. The molecule has 0 aliphatic heterocycles. The molecule has 0 saturated heterocycles. The van der Waals surface area contributed by atoms with Gasteiger partial charge in [0, 0.05) is 22.3 Å². The Morgan fingerprint density at radius 3 is 3.10 bits per heavy atom. The molecule has 1 unspecified atom stereocenters. The summed E-state index contributed by atoms with van der Waals surface area (Å²) in [6.07, 6.45) is 6.80. The van der Waals surface area contributed by atoms with E-state index in [1.54, 1.807) is 0 Å². The maximum atomic E-state index is 6.10. The first-order valence-corrected chi connectivity index (χ1v) is 7.73. The number of rotatable bonds is 3. The van der Waals surface area contributed by atoms with E-state index in [2.05, 4.69) is 28.1 Å². The van der Waals surface area contributed by atoms with Crippen LogP contribution in [-0.4, -0.2) is 16.3 Å². The van der Waals surface area contributed by atoms with Crippen LogP contribution in [0, 0.1) is 0 Å². The standard InChI is InChI=1S/C16H20ClN3/c1-2-18-15-8-3-4-9-16-14(15)11-19-20(16)13-7-5-6-12(17)10-13/h5-7,10-11,15,18H,2-4,8-9H2,1H3. The summed E-state index contributed by atoms with van der Waals surface area (Å²) in [5.41, 5.74) is 3.73. The summed E-state index contributed by atoms with van der Waals surface area (Å²) in [4.78, 5) is 0. The average Bonchev–Trinajstić information content (AvgIpc) is 2.76. The summed E-state index contributed by atoms with van der Waals surface area (Å²) >= 11 is 6.10. The van der Waals surface area contributed by atoms with Crippen molar-refractivity contribution >= 4 is 11.6 Å². The largest absolute Gasteiger partial charge is 0.310 e. The molecule has 0 saturated carbocycles. The van der Waals surface area contributed by atoms with Gasteiger partial charge in [-0.05, 0) is 44.0 Å². The van der Waals surface area contributed by atoms with Gasteiger partial charge in [0.05, 0.1) is 11.9 Å². The molecule has 2 aromatic rings. The fraction of sp³-hybridized carbons (Fsp3) is 0.438. The first-order valence-electron chi connectivity index (χ1n) is 7.35. The SMILES string of the molecule is CCNC1CCCCc2c1cnn2-c1cccc(Cl)c1. The Bertz CT molecular complexity index is 591. The van der Waals surface area contributed by atoms with Crippen molar-refractivity contribution in [3.05, 3.63) is 46.7 Å². The molecule has 1 heterocycles. The Labute approximate surface area is 124 Å². The number of halogens is 1. The molecule has 0 bridgehead atoms. The van der Waals surface area contributed by atoms with Crippen molar-refractivity contribution in [3.8, 4) is 5.69 Å². The van der Waals surface area contributed by atoms with Crippen molar-refractivity contribution in [3.63, 3.8) is 0 Å². The van der Waals surface area contributed by atoms with Gasteiger partial charge < -0.3 is 5.32 Å². The molecule has 0 fully saturated rings. The first kappa shape index (κ1) is 13.7. The van der Waals surface area contributed by atoms with Crippen molar-refractivity contribution in [2.75, 3.05) is 6.54 Å². The topological polar surface area (TPSA) is 29.9 Å². The fourth-order valence-electron chi connectivity index (χ4n) is 3.01. The first-order chi connectivity index (χ1) is 9.79. The lowest BCUT2D eigenvalue weighted by atomic mass is 10.1. The highest BCUT2D eigenvalue weighted by molar-refractivity contribution is 6.30. The highest BCUT2D eigenvalue weighted by atomic mass is 35.5. The molecule has 1 aliphatic carbocycles. The Hall–Kier alpha value is -1.32. The van der Waals surface area contributed by atoms with Crippen LogP contribution in [0.1, 0.15) is 43.5 Å². The lowest BCUT2D eigenvalue weighted by molar-refractivity contribution is 0.503. The zero-order valence-electron chi connectivity index (χ0n) is 11.8. The molecule has 106 valence electrons. The van der Waals surface area contributed by atoms with Crippen molar-refractivity contribution < 1.29 is 0 Å². The average molecular weight is 290 g/mol. The molecule has 3 nitrogen and oxygen atoms in total. The Balaban J connectivity index is 2.02. The van der Waals surface area contributed by atoms with Gasteiger partial charge in [0.25, 0.3) is 0 Å². The number of fused-ring (bicyclic) bond motifs is 1. The molecule has 0 radical (unpaired) electrons. The predicted octanol–water partition coefficient (Wildman–Crippen LogP) is 3.90. The van der Waals surface area contributed by atoms with E-state index < -0.39 is 0 Å². The van der Waals surface area contributed by atoms with E-state index in [0.717, 1.165) is 23.7 Å². The molecule has 4 heteroatoms. The number of nitrogens with zero attached hydrogens (tertiary/aromatic N) is 2. The second kappa shape index (κ2) is 5.98. The molecule has 1 N–H and O–H groups in total. The van der Waals surface area contributed by atoms with E-state index in [9.17, 15) is 0 Å². The Morgan fingerprint density at radius 1 is 1.40 bits per heavy atom. The van der Waals surface area contributed by atoms with E-state index in [-0.39, 0.29) is 0 Å². The van der Waals surface area contributed by atoms with Gasteiger partial charge >= 0.3 is 0 Å². The summed E-state index contributed by atoms with van der Waals surface area (Å²) in [5.74, 6) is 0. The monoisotopic (exact) mass is 289 g/mol. The normalized spacial score (nSPS) is 18.6. The maximum Gasteiger partial charge on any atom is 0.0663 e. The predicted molar refractivity (Wildman–Crippen MR) is 82.5 cm³/mol. The second-order valence-electron chi connectivity index (χ2n) is 5.29. The number of aromatic nitrogens is 2. The van der Waals surface area contributed by atoms with Crippen LogP contribution in [0.2, 0.25) is 5.02 Å². The third-order valence-corrected chi connectivity index (χ3v) is 4.17. The molecule has 0 amide bonds. The third-order valence-electron chi connectivity index (χ3n) is 3.94. The zero-order chi connectivity index (χ0) is 13.9. The van der Waals surface area contributed by atoms with E-state index in [1.165, 1.54) is 30.5 Å². The molecule has 3 rings (SSSR count). The van der Waals surface area contributed by atoms with Crippen LogP contribution >= 0.6 is 11.6 Å². The minimum atomic E-state index is 0.436. The minimum absolute atomic E-state index is 0.436. The fourth-order valence-corrected chi connectivity index (χ4v) is 3.20. The van der Waals surface area contributed by atoms with Gasteiger partial charge in [-0.15, -0.1) is 0 Å². The lowest BCUT2D eigenvalue weighted by Crippen LogP contribution is -2.20. The molecule has 1 aromatic heterocycles. The maximum absolute atomic E-state index is 6.10. The van der Waals surface area contributed by atoms with Gasteiger partial charge in [0.1, 0.15) is 0 Å². The highest BCUT2D eigenvalue weighted by Gasteiger charge is 2.22. The van der Waals surface area contributed by atoms with Crippen LogP contribution in [-0.2, 0) is 6.42 Å². The smallest absolute Gasteiger partial charge is 0.0663 e. The van der Waals surface area contributed by atoms with Gasteiger partial charge in [-0.2, -0.15) is 5.10 Å². The molecular formula is C16H20ClN3. The quantitative estimate of drug-likeness (QED) is 0.869. The number of nitrogens with one attached hydrogen (secondary N) is 1. The highest BCUT2D eigenvalue weighted by Crippen LogP contribution is 2.30. The third kappa shape index (κ3) is 2.60. The second-order valence-corrected chi connectivity index (χ2v) is 5.73. The van der Waals surface area contributed by atoms with Gasteiger partial charge in [0.15, 0.2) is 0 Å². The summed E-state index contributed by atoms with van der Waals surface area (Å²) in [6.45, 7) is 3.15. The van der Waals surface area contributed by atoms with E-state index in [1.807, 2.05) is 24.4 Å². The molecule has 1 atom stereocenters. The van der Waals surface area contributed by atoms with Gasteiger partial charge in [0.2, 0.25) is 0 Å². The zero-order valence-corrected chi connectivity index (χ0v) is 12.5. The number of benzene rings is 1. The minimum Gasteiger partial charge on any atom is -0.310 e. The molecule has 1 aromatic carbocycles. The molecular weight excluding hydrogens is 270 g/mol. The van der Waals surface area contributed by atoms with Crippen molar-refractivity contribution in [2.45, 2.75) is 38.6 Å². The van der Waals surface area contributed by atoms with Crippen LogP contribution < -0.4 is 5.32 Å². The summed E-state index contributed by atoms with van der Waals surface area (Å²) in [6, 6.07) is 8.35. The Morgan fingerprint density at radius 2 is 2.30 bits per heavy atom. The van der Waals surface area contributed by atoms with Crippen molar-refractivity contribution in [2.24, 2.45) is 0 Å². The van der Waals surface area contributed by atoms with Crippen LogP contribution in [0.25, 0.3) is 5.69 Å². The summed E-state index contributed by atoms with van der Waals surface area (Å²) in [7, 11) is 0. The van der Waals surface area contributed by atoms with Crippen LogP contribution in [0.5, 0.6) is 0 Å². The van der Waals surface area contributed by atoms with Gasteiger partial charge in [-0.3, -0.25) is 0 Å². The van der Waals surface area contributed by atoms with Crippen LogP contribution in [0.4, 0.5) is 0 Å². The van der Waals surface area contributed by atoms with Crippen LogP contribution in [0.3, 0.4) is 0 Å². The van der Waals surface area contributed by atoms with Gasteiger partial charge in [-0.1, -0.05) is 31.0 Å². The van der Waals surface area contributed by atoms with Crippen molar-refractivity contribution in [1.82, 2.24) is 15.1 Å². The van der Waals surface area contributed by atoms with Gasteiger partial charge in [-0.25, -0.2) is 4.68 Å². The summed E-state index contributed by atoms with van der Waals surface area (Å²) in [5, 5.41) is 8.93. The van der Waals surface area contributed by atoms with Crippen LogP contribution in [0.15, 0.2) is 30.5 Å². The Kier molecular flexibility index (Phi) is 4.08. The van der Waals surface area contributed by atoms with E-state index in [4.69, 9.17) is 11.6 Å². The molecule has 1 aliphatic rings. The number of hydrogen-bond donors (Lipinski definition) is 1.